The van der Waals surface area contributed by atoms with Gasteiger partial charge in [0.25, 0.3) is 0 Å². The summed E-state index contributed by atoms with van der Waals surface area (Å²) in [7, 11) is 1.68. The van der Waals surface area contributed by atoms with Crippen LogP contribution in [0.2, 0.25) is 0 Å². The van der Waals surface area contributed by atoms with E-state index >= 15 is 0 Å². The number of rotatable bonds is 3. The Morgan fingerprint density at radius 1 is 1.21 bits per heavy atom. The van der Waals surface area contributed by atoms with Gasteiger partial charge < -0.3 is 14.5 Å². The zero-order chi connectivity index (χ0) is 17.2. The van der Waals surface area contributed by atoms with Crippen molar-refractivity contribution >= 4 is 11.5 Å². The molecule has 0 N–H and O–H groups in total. The van der Waals surface area contributed by atoms with Crippen LogP contribution in [0.1, 0.15) is 19.5 Å². The van der Waals surface area contributed by atoms with E-state index in [4.69, 9.17) is 4.74 Å². The number of aromatic nitrogens is 2. The van der Waals surface area contributed by atoms with Gasteiger partial charge in [0, 0.05) is 43.8 Å². The lowest BCUT2D eigenvalue weighted by Gasteiger charge is -2.48. The Morgan fingerprint density at radius 3 is 2.71 bits per heavy atom. The van der Waals surface area contributed by atoms with Crippen molar-refractivity contribution in [2.45, 2.75) is 19.4 Å². The fraction of sp³-hybridized carbons (Fsp3) is 0.389. The molecular formula is C18H21N5O. The lowest BCUT2D eigenvalue weighted by Crippen LogP contribution is -2.60. The number of hydrogen-bond acceptors (Lipinski definition) is 6. The summed E-state index contributed by atoms with van der Waals surface area (Å²) in [5, 5.41) is 9.26. The Morgan fingerprint density at radius 2 is 2.00 bits per heavy atom. The maximum Gasteiger partial charge on any atom is 0.183 e. The molecule has 2 heterocycles. The minimum Gasteiger partial charge on any atom is -0.497 e. The quantitative estimate of drug-likeness (QED) is 0.864. The van der Waals surface area contributed by atoms with Gasteiger partial charge in [-0.15, -0.1) is 0 Å². The van der Waals surface area contributed by atoms with E-state index in [1.165, 1.54) is 0 Å². The van der Waals surface area contributed by atoms with Crippen LogP contribution >= 0.6 is 0 Å². The van der Waals surface area contributed by atoms with Gasteiger partial charge >= 0.3 is 0 Å². The predicted octanol–water partition coefficient (Wildman–Crippen LogP) is 2.46. The molecule has 3 rings (SSSR count). The Balaban J connectivity index is 1.86. The summed E-state index contributed by atoms with van der Waals surface area (Å²) in [5.74, 6) is 1.52. The van der Waals surface area contributed by atoms with E-state index in [9.17, 15) is 5.26 Å². The van der Waals surface area contributed by atoms with E-state index < -0.39 is 0 Å². The van der Waals surface area contributed by atoms with Crippen LogP contribution in [0.5, 0.6) is 5.75 Å². The molecule has 0 bridgehead atoms. The van der Waals surface area contributed by atoms with Gasteiger partial charge in [-0.05, 0) is 26.0 Å². The standard InChI is InChI=1S/C18H21N5O/c1-18(2)13-22(17-16(12-19)20-7-8-21-17)9-10-23(18)14-5-4-6-15(11-14)24-3/h4-8,11H,9-10,13H2,1-3H3. The first-order valence-corrected chi connectivity index (χ1v) is 7.93. The number of benzene rings is 1. The SMILES string of the molecule is COc1cccc(N2CCN(c3nccnc3C#N)CC2(C)C)c1. The van der Waals surface area contributed by atoms with Crippen LogP contribution in [0.15, 0.2) is 36.7 Å². The second-order valence-electron chi connectivity index (χ2n) is 6.43. The molecule has 1 aliphatic rings. The first-order chi connectivity index (χ1) is 11.5. The molecule has 1 saturated heterocycles. The predicted molar refractivity (Wildman–Crippen MR) is 93.4 cm³/mol. The molecule has 1 aromatic carbocycles. The highest BCUT2D eigenvalue weighted by Crippen LogP contribution is 2.32. The molecule has 1 aliphatic heterocycles. The number of hydrogen-bond donors (Lipinski definition) is 0. The summed E-state index contributed by atoms with van der Waals surface area (Å²) in [4.78, 5) is 13.0. The van der Waals surface area contributed by atoms with Crippen LogP contribution in [0.3, 0.4) is 0 Å². The van der Waals surface area contributed by atoms with Crippen molar-refractivity contribution in [3.05, 3.63) is 42.4 Å². The molecule has 0 unspecified atom stereocenters. The molecule has 1 fully saturated rings. The molecule has 24 heavy (non-hydrogen) atoms. The molecule has 6 heteroatoms. The normalized spacial score (nSPS) is 16.6. The summed E-state index contributed by atoms with van der Waals surface area (Å²) >= 11 is 0. The lowest BCUT2D eigenvalue weighted by atomic mass is 9.97. The van der Waals surface area contributed by atoms with Crippen LogP contribution in [-0.2, 0) is 0 Å². The minimum absolute atomic E-state index is 0.116. The summed E-state index contributed by atoms with van der Waals surface area (Å²) in [6.45, 7) is 6.77. The Labute approximate surface area is 142 Å². The van der Waals surface area contributed by atoms with Crippen molar-refractivity contribution in [3.63, 3.8) is 0 Å². The molecule has 6 nitrogen and oxygen atoms in total. The highest BCUT2D eigenvalue weighted by molar-refractivity contribution is 5.57. The summed E-state index contributed by atoms with van der Waals surface area (Å²) < 4.78 is 5.34. The van der Waals surface area contributed by atoms with E-state index in [0.29, 0.717) is 11.5 Å². The number of ether oxygens (including phenoxy) is 1. The molecule has 0 saturated carbocycles. The number of methoxy groups -OCH3 is 1. The highest BCUT2D eigenvalue weighted by atomic mass is 16.5. The average molecular weight is 323 g/mol. The zero-order valence-corrected chi connectivity index (χ0v) is 14.2. The van der Waals surface area contributed by atoms with Crippen molar-refractivity contribution in [3.8, 4) is 11.8 Å². The molecule has 0 spiro atoms. The average Bonchev–Trinajstić information content (AvgIpc) is 2.60. The first-order valence-electron chi connectivity index (χ1n) is 7.93. The van der Waals surface area contributed by atoms with Crippen LogP contribution in [0.4, 0.5) is 11.5 Å². The number of anilines is 2. The molecule has 0 radical (unpaired) electrons. The maximum absolute atomic E-state index is 9.26. The van der Waals surface area contributed by atoms with Crippen LogP contribution in [0, 0.1) is 11.3 Å². The van der Waals surface area contributed by atoms with Crippen molar-refractivity contribution in [1.82, 2.24) is 9.97 Å². The van der Waals surface area contributed by atoms with E-state index in [0.717, 1.165) is 31.1 Å². The number of nitrogens with zero attached hydrogens (tertiary/aromatic N) is 5. The van der Waals surface area contributed by atoms with E-state index in [1.54, 1.807) is 19.5 Å². The molecule has 0 amide bonds. The number of nitriles is 1. The van der Waals surface area contributed by atoms with Crippen molar-refractivity contribution in [2.75, 3.05) is 36.5 Å². The van der Waals surface area contributed by atoms with Gasteiger partial charge in [0.05, 0.1) is 12.6 Å². The largest absolute Gasteiger partial charge is 0.497 e. The zero-order valence-electron chi connectivity index (χ0n) is 14.2. The topological polar surface area (TPSA) is 65.3 Å². The van der Waals surface area contributed by atoms with Gasteiger partial charge in [0.1, 0.15) is 11.8 Å². The summed E-state index contributed by atoms with van der Waals surface area (Å²) in [6.07, 6.45) is 3.19. The molecule has 1 aromatic heterocycles. The third-order valence-corrected chi connectivity index (χ3v) is 4.35. The second kappa shape index (κ2) is 6.36. The Bertz CT molecular complexity index is 768. The maximum atomic E-state index is 9.26. The van der Waals surface area contributed by atoms with E-state index in [2.05, 4.69) is 51.8 Å². The van der Waals surface area contributed by atoms with Gasteiger partial charge in [0.2, 0.25) is 0 Å². The third kappa shape index (κ3) is 2.98. The number of piperazine rings is 1. The van der Waals surface area contributed by atoms with Gasteiger partial charge in [-0.1, -0.05) is 6.07 Å². The van der Waals surface area contributed by atoms with Gasteiger partial charge in [0.15, 0.2) is 11.5 Å². The fourth-order valence-corrected chi connectivity index (χ4v) is 3.23. The van der Waals surface area contributed by atoms with Crippen LogP contribution in [-0.4, -0.2) is 42.3 Å². The first kappa shape index (κ1) is 16.1. The Hall–Kier alpha value is -2.81. The molecule has 124 valence electrons. The van der Waals surface area contributed by atoms with Crippen molar-refractivity contribution < 1.29 is 4.74 Å². The molecule has 2 aromatic rings. The van der Waals surface area contributed by atoms with E-state index in [1.807, 2.05) is 12.1 Å². The van der Waals surface area contributed by atoms with Crippen molar-refractivity contribution in [2.24, 2.45) is 0 Å². The smallest absolute Gasteiger partial charge is 0.183 e. The second-order valence-corrected chi connectivity index (χ2v) is 6.43. The molecule has 0 aliphatic carbocycles. The molecule has 0 atom stereocenters. The monoisotopic (exact) mass is 323 g/mol. The fourth-order valence-electron chi connectivity index (χ4n) is 3.23. The van der Waals surface area contributed by atoms with Crippen LogP contribution in [0.25, 0.3) is 0 Å². The Kier molecular flexibility index (Phi) is 4.26. The summed E-state index contributed by atoms with van der Waals surface area (Å²) in [6, 6.07) is 10.2. The summed E-state index contributed by atoms with van der Waals surface area (Å²) in [5.41, 5.74) is 1.40. The lowest BCUT2D eigenvalue weighted by molar-refractivity contribution is 0.405. The van der Waals surface area contributed by atoms with Gasteiger partial charge in [-0.25, -0.2) is 9.97 Å². The van der Waals surface area contributed by atoms with E-state index in [-0.39, 0.29) is 5.54 Å². The van der Waals surface area contributed by atoms with Gasteiger partial charge in [-0.3, -0.25) is 0 Å². The highest BCUT2D eigenvalue weighted by Gasteiger charge is 2.35. The molecular weight excluding hydrogens is 302 g/mol. The van der Waals surface area contributed by atoms with Crippen molar-refractivity contribution in [1.29, 1.82) is 5.26 Å². The minimum atomic E-state index is -0.116. The third-order valence-electron chi connectivity index (χ3n) is 4.35. The van der Waals surface area contributed by atoms with Crippen LogP contribution < -0.4 is 14.5 Å². The van der Waals surface area contributed by atoms with Gasteiger partial charge in [-0.2, -0.15) is 5.26 Å².